The summed E-state index contributed by atoms with van der Waals surface area (Å²) in [5.41, 5.74) is 0.682. The van der Waals surface area contributed by atoms with Gasteiger partial charge in [0, 0.05) is 6.04 Å². The molecule has 0 radical (unpaired) electrons. The number of hydrogen-bond donors (Lipinski definition) is 1. The number of benzene rings is 1. The lowest BCUT2D eigenvalue weighted by atomic mass is 10.1. The molecule has 15 heavy (non-hydrogen) atoms. The number of rotatable bonds is 4. The van der Waals surface area contributed by atoms with Crippen molar-refractivity contribution in [3.8, 4) is 0 Å². The first-order valence-corrected chi connectivity index (χ1v) is 5.85. The predicted octanol–water partition coefficient (Wildman–Crippen LogP) is 3.43. The molecule has 0 bridgehead atoms. The molecule has 0 amide bonds. The van der Waals surface area contributed by atoms with Crippen molar-refractivity contribution in [1.82, 2.24) is 0 Å². The molecule has 3 rings (SSSR count). The smallest absolute Gasteiger partial charge is 0.146 e. The van der Waals surface area contributed by atoms with Gasteiger partial charge in [-0.2, -0.15) is 0 Å². The molecule has 0 atom stereocenters. The second kappa shape index (κ2) is 3.51. The first-order chi connectivity index (χ1) is 7.34. The molecule has 2 aliphatic carbocycles. The van der Waals surface area contributed by atoms with Crippen LogP contribution in [0.4, 0.5) is 10.1 Å². The average Bonchev–Trinajstić information content (AvgIpc) is 3.10. The summed E-state index contributed by atoms with van der Waals surface area (Å²) in [6.45, 7) is 0. The Hall–Kier alpha value is -1.05. The van der Waals surface area contributed by atoms with Crippen molar-refractivity contribution in [2.75, 3.05) is 5.32 Å². The largest absolute Gasteiger partial charge is 0.379 e. The Kier molecular flexibility index (Phi) is 2.15. The number of para-hydroxylation sites is 1. The standard InChI is InChI=1S/C13H16FN/c14-11-3-1-2-4-12(11)15-13(9-5-6-9)10-7-8-10/h1-4,9-10,13,15H,5-8H2. The topological polar surface area (TPSA) is 12.0 Å². The Morgan fingerprint density at radius 3 is 2.20 bits per heavy atom. The number of anilines is 1. The minimum atomic E-state index is -0.121. The van der Waals surface area contributed by atoms with E-state index in [1.165, 1.54) is 31.7 Å². The van der Waals surface area contributed by atoms with Crippen LogP contribution in [0.15, 0.2) is 24.3 Å². The molecule has 1 N–H and O–H groups in total. The Balaban J connectivity index is 1.74. The van der Waals surface area contributed by atoms with E-state index in [1.54, 1.807) is 6.07 Å². The third-order valence-corrected chi connectivity index (χ3v) is 3.46. The molecule has 2 fully saturated rings. The minimum absolute atomic E-state index is 0.121. The maximum Gasteiger partial charge on any atom is 0.146 e. The van der Waals surface area contributed by atoms with Gasteiger partial charge in [0.2, 0.25) is 0 Å². The van der Waals surface area contributed by atoms with Crippen molar-refractivity contribution < 1.29 is 4.39 Å². The lowest BCUT2D eigenvalue weighted by Crippen LogP contribution is -2.24. The van der Waals surface area contributed by atoms with Gasteiger partial charge in [0.05, 0.1) is 5.69 Å². The van der Waals surface area contributed by atoms with Crippen LogP contribution in [0.5, 0.6) is 0 Å². The van der Waals surface area contributed by atoms with Gasteiger partial charge in [-0.25, -0.2) is 4.39 Å². The van der Waals surface area contributed by atoms with E-state index in [0.717, 1.165) is 11.8 Å². The summed E-state index contributed by atoms with van der Waals surface area (Å²) in [5, 5.41) is 3.40. The molecule has 1 aromatic carbocycles. The molecule has 2 saturated carbocycles. The van der Waals surface area contributed by atoms with E-state index in [0.29, 0.717) is 11.7 Å². The molecule has 0 aliphatic heterocycles. The molecule has 0 aromatic heterocycles. The summed E-state index contributed by atoms with van der Waals surface area (Å²) < 4.78 is 13.5. The Labute approximate surface area is 89.7 Å². The van der Waals surface area contributed by atoms with Crippen LogP contribution in [0.25, 0.3) is 0 Å². The molecule has 2 aliphatic rings. The summed E-state index contributed by atoms with van der Waals surface area (Å²) in [6, 6.07) is 7.53. The minimum Gasteiger partial charge on any atom is -0.379 e. The fraction of sp³-hybridized carbons (Fsp3) is 0.538. The van der Waals surface area contributed by atoms with Crippen molar-refractivity contribution in [2.45, 2.75) is 31.7 Å². The Morgan fingerprint density at radius 1 is 1.07 bits per heavy atom. The predicted molar refractivity (Wildman–Crippen MR) is 59.3 cm³/mol. The molecule has 0 saturated heterocycles. The zero-order valence-electron chi connectivity index (χ0n) is 8.75. The maximum atomic E-state index is 13.5. The number of nitrogens with one attached hydrogen (secondary N) is 1. The molecular formula is C13H16FN. The van der Waals surface area contributed by atoms with E-state index in [4.69, 9.17) is 0 Å². The van der Waals surface area contributed by atoms with Crippen molar-refractivity contribution in [3.05, 3.63) is 30.1 Å². The van der Waals surface area contributed by atoms with Crippen molar-refractivity contribution in [1.29, 1.82) is 0 Å². The molecular weight excluding hydrogens is 189 g/mol. The molecule has 2 heteroatoms. The van der Waals surface area contributed by atoms with Crippen LogP contribution in [0.2, 0.25) is 0 Å². The van der Waals surface area contributed by atoms with Crippen molar-refractivity contribution >= 4 is 5.69 Å². The molecule has 1 aromatic rings. The van der Waals surface area contributed by atoms with Gasteiger partial charge in [0.25, 0.3) is 0 Å². The number of hydrogen-bond acceptors (Lipinski definition) is 1. The van der Waals surface area contributed by atoms with E-state index < -0.39 is 0 Å². The second-order valence-electron chi connectivity index (χ2n) is 4.82. The zero-order chi connectivity index (χ0) is 10.3. The lowest BCUT2D eigenvalue weighted by Gasteiger charge is -2.19. The van der Waals surface area contributed by atoms with Crippen LogP contribution >= 0.6 is 0 Å². The highest BCUT2D eigenvalue weighted by Crippen LogP contribution is 2.45. The van der Waals surface area contributed by atoms with Crippen LogP contribution in [0, 0.1) is 17.7 Å². The van der Waals surface area contributed by atoms with E-state index in [1.807, 2.05) is 12.1 Å². The highest BCUT2D eigenvalue weighted by molar-refractivity contribution is 5.46. The zero-order valence-corrected chi connectivity index (χ0v) is 8.75. The number of halogens is 1. The van der Waals surface area contributed by atoms with E-state index in [-0.39, 0.29) is 5.82 Å². The molecule has 0 spiro atoms. The third-order valence-electron chi connectivity index (χ3n) is 3.46. The van der Waals surface area contributed by atoms with Gasteiger partial charge in [-0.05, 0) is 49.7 Å². The van der Waals surface area contributed by atoms with Gasteiger partial charge in [-0.1, -0.05) is 12.1 Å². The van der Waals surface area contributed by atoms with E-state index in [2.05, 4.69) is 5.32 Å². The van der Waals surface area contributed by atoms with Crippen LogP contribution < -0.4 is 5.32 Å². The van der Waals surface area contributed by atoms with Gasteiger partial charge >= 0.3 is 0 Å². The van der Waals surface area contributed by atoms with Crippen LogP contribution in [-0.2, 0) is 0 Å². The van der Waals surface area contributed by atoms with Gasteiger partial charge in [0.15, 0.2) is 0 Å². The summed E-state index contributed by atoms with van der Waals surface area (Å²) >= 11 is 0. The van der Waals surface area contributed by atoms with Crippen LogP contribution in [0.3, 0.4) is 0 Å². The fourth-order valence-corrected chi connectivity index (χ4v) is 2.29. The first kappa shape index (κ1) is 9.20. The average molecular weight is 205 g/mol. The van der Waals surface area contributed by atoms with Gasteiger partial charge in [-0.3, -0.25) is 0 Å². The van der Waals surface area contributed by atoms with Crippen LogP contribution in [-0.4, -0.2) is 6.04 Å². The van der Waals surface area contributed by atoms with Gasteiger partial charge in [-0.15, -0.1) is 0 Å². The molecule has 0 heterocycles. The highest BCUT2D eigenvalue weighted by atomic mass is 19.1. The Morgan fingerprint density at radius 2 is 1.67 bits per heavy atom. The summed E-state index contributed by atoms with van der Waals surface area (Å²) in [7, 11) is 0. The summed E-state index contributed by atoms with van der Waals surface area (Å²) in [6.07, 6.45) is 5.29. The third kappa shape index (κ3) is 1.99. The first-order valence-electron chi connectivity index (χ1n) is 5.85. The van der Waals surface area contributed by atoms with Crippen molar-refractivity contribution in [2.24, 2.45) is 11.8 Å². The lowest BCUT2D eigenvalue weighted by molar-refractivity contribution is 0.557. The summed E-state index contributed by atoms with van der Waals surface area (Å²) in [5.74, 6) is 1.48. The van der Waals surface area contributed by atoms with Gasteiger partial charge in [0.1, 0.15) is 5.82 Å². The molecule has 80 valence electrons. The Bertz CT molecular complexity index is 343. The monoisotopic (exact) mass is 205 g/mol. The fourth-order valence-electron chi connectivity index (χ4n) is 2.29. The second-order valence-corrected chi connectivity index (χ2v) is 4.82. The SMILES string of the molecule is Fc1ccccc1NC(C1CC1)C1CC1. The quantitative estimate of drug-likeness (QED) is 0.794. The van der Waals surface area contributed by atoms with Crippen molar-refractivity contribution in [3.63, 3.8) is 0 Å². The summed E-state index contributed by atoms with van der Waals surface area (Å²) in [4.78, 5) is 0. The van der Waals surface area contributed by atoms with Gasteiger partial charge < -0.3 is 5.32 Å². The normalized spacial score (nSPS) is 20.7. The highest BCUT2D eigenvalue weighted by Gasteiger charge is 2.41. The van der Waals surface area contributed by atoms with E-state index >= 15 is 0 Å². The van der Waals surface area contributed by atoms with Crippen LogP contribution in [0.1, 0.15) is 25.7 Å². The maximum absolute atomic E-state index is 13.5. The molecule has 1 nitrogen and oxygen atoms in total. The molecule has 0 unspecified atom stereocenters. The van der Waals surface area contributed by atoms with E-state index in [9.17, 15) is 4.39 Å².